The van der Waals surface area contributed by atoms with Crippen molar-refractivity contribution in [1.29, 1.82) is 0 Å². The van der Waals surface area contributed by atoms with Gasteiger partial charge in [-0.15, -0.1) is 0 Å². The van der Waals surface area contributed by atoms with Gasteiger partial charge in [0.05, 0.1) is 6.04 Å². The molecular formula is C15H16FIN2. The molecule has 0 saturated heterocycles. The van der Waals surface area contributed by atoms with Crippen molar-refractivity contribution in [2.45, 2.75) is 19.9 Å². The van der Waals surface area contributed by atoms with Gasteiger partial charge in [0.25, 0.3) is 0 Å². The Kier molecular flexibility index (Phi) is 4.54. The van der Waals surface area contributed by atoms with Crippen molar-refractivity contribution in [1.82, 2.24) is 5.43 Å². The van der Waals surface area contributed by atoms with E-state index in [1.54, 1.807) is 0 Å². The Hall–Kier alpha value is -0.980. The lowest BCUT2D eigenvalue weighted by atomic mass is 9.96. The minimum atomic E-state index is -0.238. The highest BCUT2D eigenvalue weighted by molar-refractivity contribution is 14.1. The van der Waals surface area contributed by atoms with Gasteiger partial charge in [0.2, 0.25) is 0 Å². The fourth-order valence-electron chi connectivity index (χ4n) is 2.19. The average molecular weight is 370 g/mol. The zero-order chi connectivity index (χ0) is 14.0. The molecule has 0 aromatic heterocycles. The number of aryl methyl sites for hydroxylation is 2. The van der Waals surface area contributed by atoms with Crippen molar-refractivity contribution in [2.24, 2.45) is 5.84 Å². The van der Waals surface area contributed by atoms with Crippen LogP contribution in [0, 0.1) is 23.2 Å². The van der Waals surface area contributed by atoms with Gasteiger partial charge < -0.3 is 0 Å². The summed E-state index contributed by atoms with van der Waals surface area (Å²) >= 11 is 2.30. The lowest BCUT2D eigenvalue weighted by Crippen LogP contribution is -2.29. The Morgan fingerprint density at radius 2 is 1.95 bits per heavy atom. The number of hydrazine groups is 1. The second-order valence-corrected chi connectivity index (χ2v) is 5.72. The average Bonchev–Trinajstić information content (AvgIpc) is 2.34. The monoisotopic (exact) mass is 370 g/mol. The number of benzene rings is 2. The molecule has 0 fully saturated rings. The Labute approximate surface area is 126 Å². The van der Waals surface area contributed by atoms with Crippen molar-refractivity contribution in [3.05, 3.63) is 68.0 Å². The van der Waals surface area contributed by atoms with Crippen molar-refractivity contribution in [2.75, 3.05) is 0 Å². The quantitative estimate of drug-likeness (QED) is 0.492. The van der Waals surface area contributed by atoms with Crippen LogP contribution in [0.1, 0.15) is 28.3 Å². The van der Waals surface area contributed by atoms with Crippen LogP contribution >= 0.6 is 22.6 Å². The maximum absolute atomic E-state index is 13.5. The summed E-state index contributed by atoms with van der Waals surface area (Å²) in [7, 11) is 0. The van der Waals surface area contributed by atoms with E-state index in [-0.39, 0.29) is 11.9 Å². The van der Waals surface area contributed by atoms with E-state index in [0.717, 1.165) is 20.3 Å². The fraction of sp³-hybridized carbons (Fsp3) is 0.200. The summed E-state index contributed by atoms with van der Waals surface area (Å²) in [5.41, 5.74) is 6.76. The summed E-state index contributed by atoms with van der Waals surface area (Å²) < 4.78 is 14.7. The van der Waals surface area contributed by atoms with Crippen LogP contribution in [0.15, 0.2) is 36.4 Å². The highest BCUT2D eigenvalue weighted by Crippen LogP contribution is 2.28. The first-order valence-electron chi connectivity index (χ1n) is 6.01. The number of nitrogens with one attached hydrogen (secondary N) is 1. The zero-order valence-corrected chi connectivity index (χ0v) is 13.0. The van der Waals surface area contributed by atoms with Crippen LogP contribution in [0.5, 0.6) is 0 Å². The molecule has 0 heterocycles. The SMILES string of the molecule is Cc1cc(F)cc(C(NN)c2cccc(C)c2I)c1. The highest BCUT2D eigenvalue weighted by Gasteiger charge is 2.17. The summed E-state index contributed by atoms with van der Waals surface area (Å²) in [5, 5.41) is 0. The molecule has 0 radical (unpaired) electrons. The van der Waals surface area contributed by atoms with Gasteiger partial charge in [-0.2, -0.15) is 0 Å². The molecule has 4 heteroatoms. The van der Waals surface area contributed by atoms with Crippen LogP contribution in [-0.4, -0.2) is 0 Å². The maximum atomic E-state index is 13.5. The van der Waals surface area contributed by atoms with Gasteiger partial charge >= 0.3 is 0 Å². The minimum Gasteiger partial charge on any atom is -0.271 e. The smallest absolute Gasteiger partial charge is 0.123 e. The maximum Gasteiger partial charge on any atom is 0.123 e. The van der Waals surface area contributed by atoms with Crippen LogP contribution in [0.2, 0.25) is 0 Å². The molecule has 0 aliphatic rings. The molecule has 0 aliphatic heterocycles. The second kappa shape index (κ2) is 5.98. The molecule has 0 amide bonds. The van der Waals surface area contributed by atoms with Crippen molar-refractivity contribution < 1.29 is 4.39 Å². The third kappa shape index (κ3) is 3.13. The predicted molar refractivity (Wildman–Crippen MR) is 84.2 cm³/mol. The van der Waals surface area contributed by atoms with Crippen LogP contribution in [0.3, 0.4) is 0 Å². The highest BCUT2D eigenvalue weighted by atomic mass is 127. The van der Waals surface area contributed by atoms with E-state index < -0.39 is 0 Å². The molecule has 2 rings (SSSR count). The Bertz CT molecular complexity index is 578. The van der Waals surface area contributed by atoms with E-state index >= 15 is 0 Å². The largest absolute Gasteiger partial charge is 0.271 e. The molecule has 0 spiro atoms. The van der Waals surface area contributed by atoms with Crippen molar-refractivity contribution in [3.8, 4) is 0 Å². The predicted octanol–water partition coefficient (Wildman–Crippen LogP) is 3.60. The Morgan fingerprint density at radius 3 is 2.58 bits per heavy atom. The summed E-state index contributed by atoms with van der Waals surface area (Å²) in [6.45, 7) is 3.93. The number of hydrogen-bond donors (Lipinski definition) is 2. The van der Waals surface area contributed by atoms with Crippen LogP contribution in [-0.2, 0) is 0 Å². The van der Waals surface area contributed by atoms with Gasteiger partial charge in [-0.1, -0.05) is 24.3 Å². The molecule has 19 heavy (non-hydrogen) atoms. The number of halogens is 2. The van der Waals surface area contributed by atoms with E-state index in [4.69, 9.17) is 5.84 Å². The topological polar surface area (TPSA) is 38.0 Å². The van der Waals surface area contributed by atoms with E-state index in [1.165, 1.54) is 17.7 Å². The van der Waals surface area contributed by atoms with Gasteiger partial charge in [0, 0.05) is 3.57 Å². The van der Waals surface area contributed by atoms with Crippen LogP contribution < -0.4 is 11.3 Å². The zero-order valence-electron chi connectivity index (χ0n) is 10.9. The summed E-state index contributed by atoms with van der Waals surface area (Å²) in [5.74, 6) is 5.44. The van der Waals surface area contributed by atoms with Crippen molar-refractivity contribution in [3.63, 3.8) is 0 Å². The molecule has 2 aromatic carbocycles. The molecule has 1 unspecified atom stereocenters. The van der Waals surface area contributed by atoms with E-state index in [1.807, 2.05) is 25.1 Å². The number of rotatable bonds is 3. The second-order valence-electron chi connectivity index (χ2n) is 4.64. The summed E-state index contributed by atoms with van der Waals surface area (Å²) in [4.78, 5) is 0. The van der Waals surface area contributed by atoms with Gasteiger partial charge in [-0.3, -0.25) is 5.84 Å². The summed E-state index contributed by atoms with van der Waals surface area (Å²) in [6, 6.07) is 10.8. The molecule has 2 nitrogen and oxygen atoms in total. The molecule has 3 N–H and O–H groups in total. The fourth-order valence-corrected chi connectivity index (χ4v) is 2.86. The lowest BCUT2D eigenvalue weighted by Gasteiger charge is -2.20. The van der Waals surface area contributed by atoms with Gasteiger partial charge in [-0.05, 0) is 70.8 Å². The van der Waals surface area contributed by atoms with Crippen LogP contribution in [0.4, 0.5) is 4.39 Å². The molecule has 0 saturated carbocycles. The summed E-state index contributed by atoms with van der Waals surface area (Å²) in [6.07, 6.45) is 0. The van der Waals surface area contributed by atoms with Gasteiger partial charge in [-0.25, -0.2) is 9.82 Å². The minimum absolute atomic E-state index is 0.207. The standard InChI is InChI=1S/C15H16FIN2/c1-9-6-11(8-12(16)7-9)15(19-18)13-5-3-4-10(2)14(13)17/h3-8,15,19H,18H2,1-2H3. The number of nitrogens with two attached hydrogens (primary N) is 1. The van der Waals surface area contributed by atoms with Gasteiger partial charge in [0.1, 0.15) is 5.82 Å². The first-order valence-corrected chi connectivity index (χ1v) is 7.09. The first-order chi connectivity index (χ1) is 9.02. The number of hydrogen-bond acceptors (Lipinski definition) is 2. The van der Waals surface area contributed by atoms with E-state index in [9.17, 15) is 4.39 Å². The molecule has 1 atom stereocenters. The van der Waals surface area contributed by atoms with Gasteiger partial charge in [0.15, 0.2) is 0 Å². The van der Waals surface area contributed by atoms with E-state index in [2.05, 4.69) is 41.0 Å². The van der Waals surface area contributed by atoms with Crippen LogP contribution in [0.25, 0.3) is 0 Å². The Morgan fingerprint density at radius 1 is 1.21 bits per heavy atom. The third-order valence-corrected chi connectivity index (χ3v) is 4.57. The molecule has 2 aromatic rings. The molecule has 100 valence electrons. The first kappa shape index (κ1) is 14.4. The molecule has 0 aliphatic carbocycles. The Balaban J connectivity index is 2.53. The van der Waals surface area contributed by atoms with E-state index in [0.29, 0.717) is 0 Å². The molecular weight excluding hydrogens is 354 g/mol. The molecule has 0 bridgehead atoms. The normalized spacial score (nSPS) is 12.5. The lowest BCUT2D eigenvalue weighted by molar-refractivity contribution is 0.602. The van der Waals surface area contributed by atoms with Crippen molar-refractivity contribution >= 4 is 22.6 Å². The third-order valence-electron chi connectivity index (χ3n) is 3.10.